The highest BCUT2D eigenvalue weighted by molar-refractivity contribution is 6.37. The summed E-state index contributed by atoms with van der Waals surface area (Å²) in [6.45, 7) is 0. The fourth-order valence-electron chi connectivity index (χ4n) is 22.1. The molecule has 9 heterocycles. The minimum absolute atomic E-state index is 0.899. The van der Waals surface area contributed by atoms with Gasteiger partial charge < -0.3 is 27.0 Å². The molecular weight excluding hydrogens is 1750 g/mol. The van der Waals surface area contributed by atoms with Crippen molar-refractivity contribution in [2.75, 3.05) is 0 Å². The van der Waals surface area contributed by atoms with Gasteiger partial charge in [0.2, 0.25) is 0 Å². The van der Waals surface area contributed by atoms with Gasteiger partial charge in [0.05, 0.1) is 72.6 Å². The number of rotatable bonds is 12. The molecule has 9 heteroatoms. The Labute approximate surface area is 827 Å². The lowest BCUT2D eigenvalue weighted by molar-refractivity contribution is 0.671. The highest BCUT2D eigenvalue weighted by Crippen LogP contribution is 2.51. The summed E-state index contributed by atoms with van der Waals surface area (Å²) in [7, 11) is 0. The highest BCUT2D eigenvalue weighted by Gasteiger charge is 2.28. The Morgan fingerprint density at radius 3 is 0.903 bits per heavy atom. The van der Waals surface area contributed by atoms with Gasteiger partial charge in [-0.3, -0.25) is 0 Å². The maximum Gasteiger partial charge on any atom is 0.160 e. The van der Waals surface area contributed by atoms with Crippen molar-refractivity contribution in [3.05, 3.63) is 510 Å². The average molecular weight is 1840 g/mol. The lowest BCUT2D eigenvalue weighted by Crippen LogP contribution is -1.95. The van der Waals surface area contributed by atoms with Crippen LogP contribution >= 0.6 is 0 Å². The zero-order valence-electron chi connectivity index (χ0n) is 77.9. The van der Waals surface area contributed by atoms with Gasteiger partial charge in [-0.25, -0.2) is 15.0 Å². The number of nitrogens with zero attached hydrogens (tertiary/aromatic N) is 6. The van der Waals surface area contributed by atoms with Crippen LogP contribution in [0.15, 0.2) is 523 Å². The highest BCUT2D eigenvalue weighted by atomic mass is 16.3. The van der Waals surface area contributed by atoms with Crippen molar-refractivity contribution in [1.82, 2.24) is 28.7 Å². The average Bonchev–Trinajstić information content (AvgIpc) is 1.54. The van der Waals surface area contributed by atoms with Gasteiger partial charge in [-0.05, 0) is 176 Å². The molecule has 0 aliphatic rings. The predicted octanol–water partition coefficient (Wildman–Crippen LogP) is 36.7. The van der Waals surface area contributed by atoms with E-state index in [9.17, 15) is 0 Å². The third-order valence-electron chi connectivity index (χ3n) is 28.7. The van der Waals surface area contributed by atoms with E-state index in [0.29, 0.717) is 0 Å². The second-order valence-corrected chi connectivity index (χ2v) is 37.0. The molecule has 21 aromatic carbocycles. The molecule has 0 atom stereocenters. The van der Waals surface area contributed by atoms with Crippen LogP contribution in [0.1, 0.15) is 0 Å². The standard InChI is InChI=1S/3C45H28N2O/c1-3-13-30(14-4-1)38-27-32(28-39(46-38)31-15-5-2-6-16-31)29-23-25-33(26-24-29)47-40-21-11-9-19-36(40)42-34-17-7-8-18-35(34)43-37-20-10-12-22-41(37)48-45(43)44(42)47;1-3-13-29(14-4-1)32-27-38(30-15-5-2-6-16-30)46-39(28-32)31-23-25-33(26-24-31)47-40-21-11-9-19-36(40)43-44(47)35-18-8-7-17-34(35)42-37-20-10-12-22-41(37)48-45(42)43;1-3-11-29(12-4-1)33-27-39(31-14-5-2-6-15-31)46-40(28-33)32-19-22-34(23-20-32)47-41-26-21-30-13-7-8-16-35(30)43(41)38-25-24-37-36-17-9-10-18-42(36)48-45(37)44(38)47/h3*1-28H. The molecule has 30 aromatic rings. The lowest BCUT2D eigenvalue weighted by Gasteiger charge is -2.13. The molecule has 0 unspecified atom stereocenters. The number of aromatic nitrogens is 6. The van der Waals surface area contributed by atoms with Crippen LogP contribution in [0, 0.1) is 0 Å². The molecule has 672 valence electrons. The van der Waals surface area contributed by atoms with Crippen molar-refractivity contribution in [2.24, 2.45) is 0 Å². The van der Waals surface area contributed by atoms with Crippen LogP contribution < -0.4 is 0 Å². The van der Waals surface area contributed by atoms with Crippen LogP contribution in [0.3, 0.4) is 0 Å². The first-order chi connectivity index (χ1) is 71.4. The molecule has 0 saturated heterocycles. The molecule has 144 heavy (non-hydrogen) atoms. The van der Waals surface area contributed by atoms with Crippen molar-refractivity contribution in [2.45, 2.75) is 0 Å². The van der Waals surface area contributed by atoms with Crippen LogP contribution in [0.5, 0.6) is 0 Å². The second kappa shape index (κ2) is 34.4. The molecule has 0 aliphatic heterocycles. The van der Waals surface area contributed by atoms with Gasteiger partial charge in [-0.1, -0.05) is 394 Å². The maximum atomic E-state index is 6.74. The van der Waals surface area contributed by atoms with Crippen LogP contribution in [0.25, 0.3) is 282 Å². The van der Waals surface area contributed by atoms with E-state index in [-0.39, 0.29) is 0 Å². The molecule has 0 fully saturated rings. The van der Waals surface area contributed by atoms with E-state index in [4.69, 9.17) is 28.2 Å². The number of furan rings is 3. The van der Waals surface area contributed by atoms with Crippen molar-refractivity contribution < 1.29 is 13.3 Å². The number of hydrogen-bond donors (Lipinski definition) is 0. The van der Waals surface area contributed by atoms with E-state index in [1.165, 1.54) is 75.8 Å². The van der Waals surface area contributed by atoms with Crippen LogP contribution in [0.4, 0.5) is 0 Å². The summed E-state index contributed by atoms with van der Waals surface area (Å²) in [5, 5.41) is 21.3. The molecule has 9 aromatic heterocycles. The zero-order valence-corrected chi connectivity index (χ0v) is 77.9. The summed E-state index contributed by atoms with van der Waals surface area (Å²) in [5.41, 5.74) is 34.6. The minimum Gasteiger partial charge on any atom is -0.455 e. The third-order valence-corrected chi connectivity index (χ3v) is 28.7. The Bertz CT molecular complexity index is 9950. The van der Waals surface area contributed by atoms with E-state index < -0.39 is 0 Å². The third kappa shape index (κ3) is 14.0. The number of pyridine rings is 3. The summed E-state index contributed by atoms with van der Waals surface area (Å²) in [6, 6.07) is 180. The number of hydrogen-bond acceptors (Lipinski definition) is 6. The molecule has 0 bridgehead atoms. The van der Waals surface area contributed by atoms with Gasteiger partial charge in [-0.15, -0.1) is 0 Å². The van der Waals surface area contributed by atoms with Crippen LogP contribution in [-0.4, -0.2) is 28.7 Å². The lowest BCUT2D eigenvalue weighted by atomic mass is 9.98. The topological polar surface area (TPSA) is 92.9 Å². The summed E-state index contributed by atoms with van der Waals surface area (Å²) in [5.74, 6) is 0. The van der Waals surface area contributed by atoms with Gasteiger partial charge in [0.25, 0.3) is 0 Å². The summed E-state index contributed by atoms with van der Waals surface area (Å²) < 4.78 is 27.2. The SMILES string of the molecule is c1ccc(-c2cc(-c3ccc(-n4c5ccccc5c5c6ccccc6c6c7ccccc7oc6c54)cc3)cc(-c3ccccc3)n2)cc1.c1ccc(-c2cc(-c3ccccc3)nc(-c3ccc(-n4c5ccc6ccccc6c5c5ccc6c7ccccc7oc6c54)cc3)c2)cc1.c1ccc(-c2cc(-c3ccccc3)nc(-c3ccc(-n4c5ccccc5c5c6oc7ccccc7c6c6ccccc6c54)cc3)c2)cc1. The van der Waals surface area contributed by atoms with Gasteiger partial charge in [0, 0.05) is 115 Å². The molecule has 0 N–H and O–H groups in total. The van der Waals surface area contributed by atoms with E-state index in [0.717, 1.165) is 206 Å². The van der Waals surface area contributed by atoms with E-state index in [1.54, 1.807) is 0 Å². The summed E-state index contributed by atoms with van der Waals surface area (Å²) in [4.78, 5) is 15.4. The molecule has 0 saturated carbocycles. The van der Waals surface area contributed by atoms with Crippen LogP contribution in [0.2, 0.25) is 0 Å². The van der Waals surface area contributed by atoms with E-state index in [1.807, 2.05) is 42.5 Å². The predicted molar refractivity (Wildman–Crippen MR) is 599 cm³/mol. The van der Waals surface area contributed by atoms with E-state index >= 15 is 0 Å². The first kappa shape index (κ1) is 82.9. The Hall–Kier alpha value is -19.4. The monoisotopic (exact) mass is 1840 g/mol. The second-order valence-electron chi connectivity index (χ2n) is 37.0. The summed E-state index contributed by atoms with van der Waals surface area (Å²) in [6.07, 6.45) is 0. The normalized spacial score (nSPS) is 11.8. The van der Waals surface area contributed by atoms with Crippen molar-refractivity contribution in [3.63, 3.8) is 0 Å². The fraction of sp³-hybridized carbons (Fsp3) is 0. The molecule has 0 spiro atoms. The maximum absolute atomic E-state index is 6.74. The Kier molecular flexibility index (Phi) is 19.8. The first-order valence-corrected chi connectivity index (χ1v) is 48.9. The first-order valence-electron chi connectivity index (χ1n) is 48.9. The van der Waals surface area contributed by atoms with Gasteiger partial charge in [0.15, 0.2) is 11.2 Å². The molecule has 0 amide bonds. The van der Waals surface area contributed by atoms with Crippen molar-refractivity contribution in [1.29, 1.82) is 0 Å². The van der Waals surface area contributed by atoms with E-state index in [2.05, 4.69) is 481 Å². The van der Waals surface area contributed by atoms with Crippen LogP contribution in [-0.2, 0) is 0 Å². The number of benzene rings is 21. The van der Waals surface area contributed by atoms with Gasteiger partial charge >= 0.3 is 0 Å². The Morgan fingerprint density at radius 2 is 0.444 bits per heavy atom. The van der Waals surface area contributed by atoms with Crippen molar-refractivity contribution in [3.8, 4) is 118 Å². The molecule has 9 nitrogen and oxygen atoms in total. The van der Waals surface area contributed by atoms with Gasteiger partial charge in [0.1, 0.15) is 22.3 Å². The minimum atomic E-state index is 0.899. The Morgan fingerprint density at radius 1 is 0.146 bits per heavy atom. The zero-order chi connectivity index (χ0) is 94.8. The van der Waals surface area contributed by atoms with Crippen molar-refractivity contribution >= 4 is 164 Å². The molecule has 30 rings (SSSR count). The summed E-state index contributed by atoms with van der Waals surface area (Å²) >= 11 is 0. The number of para-hydroxylation sites is 5. The smallest absolute Gasteiger partial charge is 0.160 e. The largest absolute Gasteiger partial charge is 0.455 e. The Balaban J connectivity index is 0.000000105. The fourth-order valence-corrected chi connectivity index (χ4v) is 22.1. The quantitative estimate of drug-likeness (QED) is 0.121. The molecule has 0 radical (unpaired) electrons. The number of fused-ring (bicyclic) bond motifs is 29. The molecular formula is C135H84N6O3. The van der Waals surface area contributed by atoms with Gasteiger partial charge in [-0.2, -0.15) is 0 Å². The molecule has 0 aliphatic carbocycles.